The molecule has 0 saturated carbocycles. The zero-order valence-corrected chi connectivity index (χ0v) is 9.06. The van der Waals surface area contributed by atoms with E-state index in [-0.39, 0.29) is 0 Å². The molecule has 0 saturated heterocycles. The van der Waals surface area contributed by atoms with Gasteiger partial charge in [0.15, 0.2) is 0 Å². The van der Waals surface area contributed by atoms with Gasteiger partial charge in [-0.1, -0.05) is 6.92 Å². The molecule has 0 N–H and O–H groups in total. The molecule has 1 aliphatic rings. The first-order valence-electron chi connectivity index (χ1n) is 4.42. The van der Waals surface area contributed by atoms with Crippen LogP contribution < -0.4 is 0 Å². The normalized spacial score (nSPS) is 22.4. The van der Waals surface area contributed by atoms with Crippen LogP contribution in [0.5, 0.6) is 0 Å². The number of rotatable bonds is 0. The Morgan fingerprint density at radius 2 is 2.33 bits per heavy atom. The summed E-state index contributed by atoms with van der Waals surface area (Å²) >= 11 is 3.56. The van der Waals surface area contributed by atoms with Crippen molar-refractivity contribution >= 4 is 15.9 Å². The van der Waals surface area contributed by atoms with E-state index in [0.717, 1.165) is 12.2 Å². The van der Waals surface area contributed by atoms with Crippen molar-refractivity contribution < 1.29 is 0 Å². The van der Waals surface area contributed by atoms with Crippen LogP contribution in [0, 0.1) is 6.92 Å². The average molecular weight is 229 g/mol. The smallest absolute Gasteiger partial charge is 0.112 e. The van der Waals surface area contributed by atoms with Gasteiger partial charge in [0, 0.05) is 12.5 Å². The third-order valence-electron chi connectivity index (χ3n) is 2.55. The monoisotopic (exact) mass is 228 g/mol. The van der Waals surface area contributed by atoms with Crippen LogP contribution in [-0.2, 0) is 6.54 Å². The van der Waals surface area contributed by atoms with Crippen molar-refractivity contribution in [2.24, 2.45) is 0 Å². The first-order valence-corrected chi connectivity index (χ1v) is 5.22. The Hall–Kier alpha value is -0.310. The number of hydrogen-bond donors (Lipinski definition) is 0. The van der Waals surface area contributed by atoms with Gasteiger partial charge in [-0.15, -0.1) is 0 Å². The van der Waals surface area contributed by atoms with Gasteiger partial charge in [-0.05, 0) is 35.7 Å². The summed E-state index contributed by atoms with van der Waals surface area (Å²) in [5.41, 5.74) is 1.12. The molecule has 2 rings (SSSR count). The lowest BCUT2D eigenvalue weighted by Crippen LogP contribution is -2.13. The van der Waals surface area contributed by atoms with E-state index in [1.807, 2.05) is 0 Å². The summed E-state index contributed by atoms with van der Waals surface area (Å²) in [5.74, 6) is 1.88. The van der Waals surface area contributed by atoms with Gasteiger partial charge in [0.25, 0.3) is 0 Å². The van der Waals surface area contributed by atoms with Crippen molar-refractivity contribution in [3.8, 4) is 0 Å². The van der Waals surface area contributed by atoms with Crippen LogP contribution in [0.1, 0.15) is 37.2 Å². The second-order valence-corrected chi connectivity index (χ2v) is 4.29. The predicted octanol–water partition coefficient (Wildman–Crippen LogP) is 2.85. The number of nitrogens with zero attached hydrogens (tertiary/aromatic N) is 2. The second kappa shape index (κ2) is 2.87. The predicted molar refractivity (Wildman–Crippen MR) is 52.3 cm³/mol. The van der Waals surface area contributed by atoms with Gasteiger partial charge in [0.05, 0.1) is 5.69 Å². The van der Waals surface area contributed by atoms with Gasteiger partial charge >= 0.3 is 0 Å². The number of aromatic nitrogens is 2. The quantitative estimate of drug-likeness (QED) is 0.668. The summed E-state index contributed by atoms with van der Waals surface area (Å²) < 4.78 is 3.47. The fourth-order valence-electron chi connectivity index (χ4n) is 1.85. The summed E-state index contributed by atoms with van der Waals surface area (Å²) in [6.07, 6.45) is 2.56. The van der Waals surface area contributed by atoms with Gasteiger partial charge < -0.3 is 4.57 Å². The Kier molecular flexibility index (Phi) is 1.99. The summed E-state index contributed by atoms with van der Waals surface area (Å²) in [7, 11) is 0. The molecular weight excluding hydrogens is 216 g/mol. The van der Waals surface area contributed by atoms with Gasteiger partial charge in [-0.2, -0.15) is 0 Å². The largest absolute Gasteiger partial charge is 0.322 e. The zero-order chi connectivity index (χ0) is 8.72. The lowest BCUT2D eigenvalue weighted by atomic mass is 10.0. The minimum atomic E-state index is 0.628. The Morgan fingerprint density at radius 3 is 3.00 bits per heavy atom. The second-order valence-electron chi connectivity index (χ2n) is 3.54. The standard InChI is InChI=1S/C9H13BrN2/c1-6-4-3-5-12-8(10)7(2)11-9(6)12/h6H,3-5H2,1-2H3. The van der Waals surface area contributed by atoms with Crippen LogP contribution in [0.3, 0.4) is 0 Å². The average Bonchev–Trinajstić information content (AvgIpc) is 2.32. The third-order valence-corrected chi connectivity index (χ3v) is 3.56. The highest BCUT2D eigenvalue weighted by Crippen LogP contribution is 2.30. The molecule has 0 spiro atoms. The highest BCUT2D eigenvalue weighted by atomic mass is 79.9. The molecule has 1 atom stereocenters. The Balaban J connectivity index is 2.52. The van der Waals surface area contributed by atoms with Gasteiger partial charge in [-0.25, -0.2) is 4.98 Å². The maximum Gasteiger partial charge on any atom is 0.112 e. The topological polar surface area (TPSA) is 17.8 Å². The molecule has 1 aromatic rings. The lowest BCUT2D eigenvalue weighted by molar-refractivity contribution is 0.459. The molecule has 2 nitrogen and oxygen atoms in total. The molecule has 1 unspecified atom stereocenters. The van der Waals surface area contributed by atoms with E-state index in [4.69, 9.17) is 0 Å². The molecule has 3 heteroatoms. The van der Waals surface area contributed by atoms with Crippen molar-refractivity contribution in [3.05, 3.63) is 16.1 Å². The van der Waals surface area contributed by atoms with Crippen LogP contribution in [0.2, 0.25) is 0 Å². The molecule has 0 fully saturated rings. The summed E-state index contributed by atoms with van der Waals surface area (Å²) in [6.45, 7) is 5.44. The van der Waals surface area contributed by atoms with Crippen molar-refractivity contribution in [2.45, 2.75) is 39.2 Å². The first-order chi connectivity index (χ1) is 5.70. The Labute approximate surface area is 81.1 Å². The molecule has 0 aliphatic carbocycles. The minimum absolute atomic E-state index is 0.628. The van der Waals surface area contributed by atoms with E-state index < -0.39 is 0 Å². The van der Waals surface area contributed by atoms with E-state index >= 15 is 0 Å². The fourth-order valence-corrected chi connectivity index (χ4v) is 2.30. The van der Waals surface area contributed by atoms with E-state index in [1.54, 1.807) is 0 Å². The van der Waals surface area contributed by atoms with Crippen molar-refractivity contribution in [2.75, 3.05) is 0 Å². The van der Waals surface area contributed by atoms with E-state index in [0.29, 0.717) is 5.92 Å². The summed E-state index contributed by atoms with van der Waals surface area (Å²) in [5, 5.41) is 0. The number of aryl methyl sites for hydroxylation is 1. The van der Waals surface area contributed by atoms with Crippen LogP contribution in [0.4, 0.5) is 0 Å². The minimum Gasteiger partial charge on any atom is -0.322 e. The molecule has 0 amide bonds. The van der Waals surface area contributed by atoms with E-state index in [2.05, 4.69) is 39.3 Å². The molecule has 0 bridgehead atoms. The molecule has 2 heterocycles. The molecule has 66 valence electrons. The number of fused-ring (bicyclic) bond motifs is 1. The summed E-state index contributed by atoms with van der Waals surface area (Å²) in [4.78, 5) is 4.55. The lowest BCUT2D eigenvalue weighted by Gasteiger charge is -2.20. The SMILES string of the molecule is Cc1nc2n(c1Br)CCCC2C. The fraction of sp³-hybridized carbons (Fsp3) is 0.667. The molecule has 12 heavy (non-hydrogen) atoms. The van der Waals surface area contributed by atoms with Crippen LogP contribution >= 0.6 is 15.9 Å². The zero-order valence-electron chi connectivity index (χ0n) is 7.47. The molecule has 1 aliphatic heterocycles. The molecule has 0 radical (unpaired) electrons. The van der Waals surface area contributed by atoms with Crippen LogP contribution in [0.15, 0.2) is 4.60 Å². The molecule has 0 aromatic carbocycles. The van der Waals surface area contributed by atoms with Gasteiger partial charge in [-0.3, -0.25) is 0 Å². The third kappa shape index (κ3) is 1.11. The maximum absolute atomic E-state index is 4.55. The Morgan fingerprint density at radius 1 is 1.58 bits per heavy atom. The highest BCUT2D eigenvalue weighted by molar-refractivity contribution is 9.10. The summed E-state index contributed by atoms with van der Waals surface area (Å²) in [6, 6.07) is 0. The van der Waals surface area contributed by atoms with E-state index in [1.165, 1.54) is 23.3 Å². The van der Waals surface area contributed by atoms with Crippen LogP contribution in [-0.4, -0.2) is 9.55 Å². The van der Waals surface area contributed by atoms with Crippen molar-refractivity contribution in [3.63, 3.8) is 0 Å². The molecule has 1 aromatic heterocycles. The maximum atomic E-state index is 4.55. The first kappa shape index (κ1) is 8.30. The Bertz CT molecular complexity index is 304. The van der Waals surface area contributed by atoms with Crippen LogP contribution in [0.25, 0.3) is 0 Å². The van der Waals surface area contributed by atoms with Gasteiger partial charge in [0.2, 0.25) is 0 Å². The highest BCUT2D eigenvalue weighted by Gasteiger charge is 2.21. The van der Waals surface area contributed by atoms with Crippen molar-refractivity contribution in [1.29, 1.82) is 0 Å². The van der Waals surface area contributed by atoms with E-state index in [9.17, 15) is 0 Å². The number of imidazole rings is 1. The number of halogens is 1. The molecular formula is C9H13BrN2. The number of hydrogen-bond acceptors (Lipinski definition) is 1. The van der Waals surface area contributed by atoms with Gasteiger partial charge in [0.1, 0.15) is 10.4 Å². The van der Waals surface area contributed by atoms with Crippen molar-refractivity contribution in [1.82, 2.24) is 9.55 Å².